The highest BCUT2D eigenvalue weighted by molar-refractivity contribution is 6.15. The van der Waals surface area contributed by atoms with Gasteiger partial charge in [-0.25, -0.2) is 0 Å². The molecular weight excluding hydrogens is 310 g/mol. The highest BCUT2D eigenvalue weighted by atomic mass is 16.3. The van der Waals surface area contributed by atoms with E-state index < -0.39 is 0 Å². The molecule has 0 aliphatic heterocycles. The summed E-state index contributed by atoms with van der Waals surface area (Å²) in [6.45, 7) is 4.32. The Morgan fingerprint density at radius 3 is 2.32 bits per heavy atom. The number of ketones is 1. The van der Waals surface area contributed by atoms with Crippen LogP contribution >= 0.6 is 0 Å². The molecule has 0 bridgehead atoms. The number of aliphatic hydroxyl groups is 1. The second-order valence-electron chi connectivity index (χ2n) is 6.80. The van der Waals surface area contributed by atoms with Crippen LogP contribution in [0.3, 0.4) is 0 Å². The van der Waals surface area contributed by atoms with Crippen LogP contribution in [0.5, 0.6) is 0 Å². The van der Waals surface area contributed by atoms with Crippen molar-refractivity contribution in [2.45, 2.75) is 38.5 Å². The lowest BCUT2D eigenvalue weighted by Gasteiger charge is -2.22. The molecule has 128 valence electrons. The fourth-order valence-electron chi connectivity index (χ4n) is 3.10. The smallest absolute Gasteiger partial charge is 0.168 e. The van der Waals surface area contributed by atoms with Crippen molar-refractivity contribution in [2.24, 2.45) is 4.99 Å². The maximum atomic E-state index is 12.5. The number of aliphatic hydroxyl groups excluding tert-OH is 1. The van der Waals surface area contributed by atoms with Crippen molar-refractivity contribution in [3.63, 3.8) is 0 Å². The van der Waals surface area contributed by atoms with Crippen molar-refractivity contribution in [3.8, 4) is 0 Å². The molecule has 0 spiro atoms. The summed E-state index contributed by atoms with van der Waals surface area (Å²) >= 11 is 0. The zero-order valence-corrected chi connectivity index (χ0v) is 14.6. The van der Waals surface area contributed by atoms with E-state index in [4.69, 9.17) is 0 Å². The number of rotatable bonds is 4. The Bertz CT molecular complexity index is 802. The minimum atomic E-state index is -0.0543. The van der Waals surface area contributed by atoms with E-state index in [-0.39, 0.29) is 17.5 Å². The Morgan fingerprint density at radius 2 is 1.72 bits per heavy atom. The number of Topliss-reactive ketones (excluding diaryl/α,β-unsaturated/α-hetero) is 1. The largest absolute Gasteiger partial charge is 0.511 e. The molecule has 1 unspecified atom stereocenters. The van der Waals surface area contributed by atoms with Gasteiger partial charge in [0.25, 0.3) is 0 Å². The van der Waals surface area contributed by atoms with Gasteiger partial charge < -0.3 is 5.11 Å². The number of carbonyl (C=O) groups excluding carboxylic acids is 1. The van der Waals surface area contributed by atoms with Gasteiger partial charge in [0.15, 0.2) is 5.78 Å². The zero-order chi connectivity index (χ0) is 17.8. The summed E-state index contributed by atoms with van der Waals surface area (Å²) in [5.41, 5.74) is 3.48. The molecular formula is C22H23NO2. The molecule has 0 aromatic heterocycles. The normalized spacial score (nSPS) is 18.4. The minimum Gasteiger partial charge on any atom is -0.511 e. The van der Waals surface area contributed by atoms with E-state index in [0.717, 1.165) is 11.3 Å². The summed E-state index contributed by atoms with van der Waals surface area (Å²) in [6, 6.07) is 17.8. The molecule has 1 N–H and O–H groups in total. The lowest BCUT2D eigenvalue weighted by Crippen LogP contribution is -2.19. The molecule has 1 atom stereocenters. The van der Waals surface area contributed by atoms with E-state index in [9.17, 15) is 9.90 Å². The van der Waals surface area contributed by atoms with Gasteiger partial charge in [-0.05, 0) is 35.1 Å². The molecule has 0 saturated carbocycles. The number of para-hydroxylation sites is 1. The fourth-order valence-corrected chi connectivity index (χ4v) is 3.10. The standard InChI is InChI=1S/C22H23NO2/c1-15(2)16-8-10-17(11-9-16)18-12-21(24)20(22(25)13-18)14-23-19-6-4-3-5-7-19/h3-11,14-15,18,24H,12-13H2,1-2H3. The summed E-state index contributed by atoms with van der Waals surface area (Å²) < 4.78 is 0. The molecule has 2 aromatic rings. The van der Waals surface area contributed by atoms with Gasteiger partial charge in [0.2, 0.25) is 0 Å². The van der Waals surface area contributed by atoms with Gasteiger partial charge in [0.05, 0.1) is 11.3 Å². The number of benzene rings is 2. The van der Waals surface area contributed by atoms with Crippen LogP contribution in [0.1, 0.15) is 49.7 Å². The molecule has 0 radical (unpaired) electrons. The van der Waals surface area contributed by atoms with E-state index in [2.05, 4.69) is 43.1 Å². The van der Waals surface area contributed by atoms with Gasteiger partial charge >= 0.3 is 0 Å². The molecule has 0 fully saturated rings. The van der Waals surface area contributed by atoms with Crippen LogP contribution in [0.25, 0.3) is 0 Å². The van der Waals surface area contributed by atoms with Gasteiger partial charge in [-0.1, -0.05) is 56.3 Å². The summed E-state index contributed by atoms with van der Waals surface area (Å²) in [7, 11) is 0. The SMILES string of the molecule is CC(C)c1ccc(C2CC(=O)C(C=Nc3ccccc3)=C(O)C2)cc1. The number of hydrogen-bond acceptors (Lipinski definition) is 3. The first kappa shape index (κ1) is 17.2. The Balaban J connectivity index is 1.77. The number of carbonyl (C=O) groups is 1. The van der Waals surface area contributed by atoms with Crippen molar-refractivity contribution in [1.82, 2.24) is 0 Å². The van der Waals surface area contributed by atoms with Crippen molar-refractivity contribution < 1.29 is 9.90 Å². The van der Waals surface area contributed by atoms with Gasteiger partial charge in [-0.2, -0.15) is 0 Å². The number of allylic oxidation sites excluding steroid dienone is 2. The average Bonchev–Trinajstić information content (AvgIpc) is 2.62. The van der Waals surface area contributed by atoms with Crippen molar-refractivity contribution in [3.05, 3.63) is 77.1 Å². The van der Waals surface area contributed by atoms with E-state index in [1.807, 2.05) is 30.3 Å². The van der Waals surface area contributed by atoms with Crippen LogP contribution in [0, 0.1) is 0 Å². The fraction of sp³-hybridized carbons (Fsp3) is 0.273. The minimum absolute atomic E-state index is 0.0302. The predicted octanol–water partition coefficient (Wildman–Crippen LogP) is 5.47. The van der Waals surface area contributed by atoms with Gasteiger partial charge in [-0.3, -0.25) is 9.79 Å². The molecule has 2 aromatic carbocycles. The summed E-state index contributed by atoms with van der Waals surface area (Å²) in [6.07, 6.45) is 2.37. The zero-order valence-electron chi connectivity index (χ0n) is 14.6. The van der Waals surface area contributed by atoms with Crippen molar-refractivity contribution in [2.75, 3.05) is 0 Å². The third kappa shape index (κ3) is 4.05. The first-order valence-corrected chi connectivity index (χ1v) is 8.69. The maximum Gasteiger partial charge on any atom is 0.168 e. The second-order valence-corrected chi connectivity index (χ2v) is 6.80. The average molecular weight is 333 g/mol. The van der Waals surface area contributed by atoms with Gasteiger partial charge in [-0.15, -0.1) is 0 Å². The van der Waals surface area contributed by atoms with Crippen LogP contribution in [0.4, 0.5) is 5.69 Å². The molecule has 25 heavy (non-hydrogen) atoms. The number of nitrogens with zero attached hydrogens (tertiary/aromatic N) is 1. The molecule has 1 aliphatic rings. The Hall–Kier alpha value is -2.68. The third-order valence-electron chi connectivity index (χ3n) is 4.66. The van der Waals surface area contributed by atoms with Crippen molar-refractivity contribution in [1.29, 1.82) is 0 Å². The van der Waals surface area contributed by atoms with E-state index in [0.29, 0.717) is 24.3 Å². The molecule has 3 heteroatoms. The first-order valence-electron chi connectivity index (χ1n) is 8.69. The summed E-state index contributed by atoms with van der Waals surface area (Å²) in [4.78, 5) is 16.8. The summed E-state index contributed by atoms with van der Waals surface area (Å²) in [5.74, 6) is 0.592. The molecule has 1 aliphatic carbocycles. The highest BCUT2D eigenvalue weighted by Crippen LogP contribution is 2.33. The lowest BCUT2D eigenvalue weighted by atomic mass is 9.82. The third-order valence-corrected chi connectivity index (χ3v) is 4.66. The van der Waals surface area contributed by atoms with Crippen molar-refractivity contribution >= 4 is 17.7 Å². The van der Waals surface area contributed by atoms with Gasteiger partial charge in [0.1, 0.15) is 5.76 Å². The molecule has 0 amide bonds. The highest BCUT2D eigenvalue weighted by Gasteiger charge is 2.27. The first-order chi connectivity index (χ1) is 12.0. The van der Waals surface area contributed by atoms with Crippen LogP contribution in [-0.4, -0.2) is 17.1 Å². The second kappa shape index (κ2) is 7.47. The Morgan fingerprint density at radius 1 is 1.04 bits per heavy atom. The number of aliphatic imine (C=N–C) groups is 1. The quantitative estimate of drug-likeness (QED) is 0.754. The molecule has 0 heterocycles. The van der Waals surface area contributed by atoms with Gasteiger partial charge in [0, 0.05) is 19.1 Å². The van der Waals surface area contributed by atoms with Crippen LogP contribution in [0.2, 0.25) is 0 Å². The van der Waals surface area contributed by atoms with E-state index in [1.54, 1.807) is 0 Å². The monoisotopic (exact) mass is 333 g/mol. The molecule has 3 nitrogen and oxygen atoms in total. The van der Waals surface area contributed by atoms with E-state index >= 15 is 0 Å². The van der Waals surface area contributed by atoms with Crippen LogP contribution < -0.4 is 0 Å². The predicted molar refractivity (Wildman–Crippen MR) is 102 cm³/mol. The Labute approximate surface area is 148 Å². The molecule has 3 rings (SSSR count). The topological polar surface area (TPSA) is 49.7 Å². The summed E-state index contributed by atoms with van der Waals surface area (Å²) in [5, 5.41) is 10.4. The van der Waals surface area contributed by atoms with Crippen LogP contribution in [-0.2, 0) is 4.79 Å². The Kier molecular flexibility index (Phi) is 5.13. The van der Waals surface area contributed by atoms with Crippen LogP contribution in [0.15, 0.2) is 70.9 Å². The lowest BCUT2D eigenvalue weighted by molar-refractivity contribution is -0.116. The van der Waals surface area contributed by atoms with E-state index in [1.165, 1.54) is 11.8 Å². The maximum absolute atomic E-state index is 12.5. The molecule has 0 saturated heterocycles. The number of hydrogen-bond donors (Lipinski definition) is 1.